The molecule has 0 aliphatic carbocycles. The summed E-state index contributed by atoms with van der Waals surface area (Å²) in [4.78, 5) is 12.4. The first kappa shape index (κ1) is 18.4. The summed E-state index contributed by atoms with van der Waals surface area (Å²) in [6.45, 7) is 4.12. The maximum atomic E-state index is 12.3. The Labute approximate surface area is 147 Å². The van der Waals surface area contributed by atoms with Crippen molar-refractivity contribution < 1.29 is 13.2 Å². The molecule has 0 aliphatic heterocycles. The molecule has 0 heterocycles. The Balaban J connectivity index is 2.15. The standard InChI is InChI=1S/C17H19ClN2O3S/c1-3-10-19-24(22,23)15-8-5-13(6-9-15)17(21)20-16-11-14(18)7-4-12(16)2/h4-9,11,19H,3,10H2,1-2H3,(H,20,21). The van der Waals surface area contributed by atoms with Crippen LogP contribution in [0.5, 0.6) is 0 Å². The van der Waals surface area contributed by atoms with Crippen LogP contribution in [0.3, 0.4) is 0 Å². The number of rotatable bonds is 6. The van der Waals surface area contributed by atoms with Crippen molar-refractivity contribution in [2.24, 2.45) is 0 Å². The fraction of sp³-hybridized carbons (Fsp3) is 0.235. The Bertz CT molecular complexity index is 833. The van der Waals surface area contributed by atoms with Gasteiger partial charge in [-0.05, 0) is 55.3 Å². The molecule has 2 rings (SSSR count). The van der Waals surface area contributed by atoms with E-state index in [1.165, 1.54) is 24.3 Å². The number of amides is 1. The fourth-order valence-corrected chi connectivity index (χ4v) is 3.33. The molecule has 0 radical (unpaired) electrons. The van der Waals surface area contributed by atoms with Gasteiger partial charge >= 0.3 is 0 Å². The lowest BCUT2D eigenvalue weighted by Crippen LogP contribution is -2.24. The Morgan fingerprint density at radius 3 is 2.42 bits per heavy atom. The van der Waals surface area contributed by atoms with E-state index in [-0.39, 0.29) is 10.8 Å². The molecule has 2 N–H and O–H groups in total. The van der Waals surface area contributed by atoms with Crippen molar-refractivity contribution in [3.05, 3.63) is 58.6 Å². The predicted octanol–water partition coefficient (Wildman–Crippen LogP) is 3.59. The van der Waals surface area contributed by atoms with E-state index in [0.717, 1.165) is 5.56 Å². The van der Waals surface area contributed by atoms with Crippen LogP contribution in [0.15, 0.2) is 47.4 Å². The number of anilines is 1. The molecule has 0 bridgehead atoms. The molecule has 0 unspecified atom stereocenters. The number of nitrogens with one attached hydrogen (secondary N) is 2. The van der Waals surface area contributed by atoms with Crippen LogP contribution in [0, 0.1) is 6.92 Å². The van der Waals surface area contributed by atoms with Crippen molar-refractivity contribution in [2.75, 3.05) is 11.9 Å². The molecule has 0 saturated heterocycles. The number of hydrogen-bond donors (Lipinski definition) is 2. The van der Waals surface area contributed by atoms with Crippen molar-refractivity contribution in [1.82, 2.24) is 4.72 Å². The smallest absolute Gasteiger partial charge is 0.255 e. The number of benzene rings is 2. The lowest BCUT2D eigenvalue weighted by atomic mass is 10.1. The Kier molecular flexibility index (Phi) is 5.99. The van der Waals surface area contributed by atoms with Gasteiger partial charge in [-0.1, -0.05) is 24.6 Å². The first-order chi connectivity index (χ1) is 11.3. The van der Waals surface area contributed by atoms with Crippen molar-refractivity contribution in [3.8, 4) is 0 Å². The van der Waals surface area contributed by atoms with E-state index in [9.17, 15) is 13.2 Å². The van der Waals surface area contributed by atoms with Gasteiger partial charge in [0.2, 0.25) is 10.0 Å². The number of carbonyl (C=O) groups excluding carboxylic acids is 1. The van der Waals surface area contributed by atoms with E-state index in [1.54, 1.807) is 12.1 Å². The van der Waals surface area contributed by atoms with Crippen LogP contribution in [0.4, 0.5) is 5.69 Å². The summed E-state index contributed by atoms with van der Waals surface area (Å²) in [7, 11) is -3.54. The van der Waals surface area contributed by atoms with E-state index >= 15 is 0 Å². The highest BCUT2D eigenvalue weighted by Crippen LogP contribution is 2.21. The summed E-state index contributed by atoms with van der Waals surface area (Å²) in [6, 6.07) is 11.0. The number of aryl methyl sites for hydroxylation is 1. The van der Waals surface area contributed by atoms with Gasteiger partial charge in [-0.15, -0.1) is 0 Å². The molecule has 0 fully saturated rings. The van der Waals surface area contributed by atoms with Gasteiger partial charge in [0.25, 0.3) is 5.91 Å². The first-order valence-electron chi connectivity index (χ1n) is 7.50. The van der Waals surface area contributed by atoms with E-state index < -0.39 is 10.0 Å². The molecular weight excluding hydrogens is 348 g/mol. The summed E-state index contributed by atoms with van der Waals surface area (Å²) in [5, 5.41) is 3.30. The molecule has 1 amide bonds. The van der Waals surface area contributed by atoms with Crippen LogP contribution < -0.4 is 10.0 Å². The molecule has 0 atom stereocenters. The molecule has 0 saturated carbocycles. The fourth-order valence-electron chi connectivity index (χ4n) is 2.03. The quantitative estimate of drug-likeness (QED) is 0.820. The topological polar surface area (TPSA) is 75.3 Å². The Hall–Kier alpha value is -1.89. The highest BCUT2D eigenvalue weighted by molar-refractivity contribution is 7.89. The average Bonchev–Trinajstić information content (AvgIpc) is 2.56. The summed E-state index contributed by atoms with van der Waals surface area (Å²) < 4.78 is 26.5. The van der Waals surface area contributed by atoms with Gasteiger partial charge in [0, 0.05) is 22.8 Å². The molecule has 0 aliphatic rings. The van der Waals surface area contributed by atoms with E-state index in [1.807, 2.05) is 19.9 Å². The second kappa shape index (κ2) is 7.79. The largest absolute Gasteiger partial charge is 0.322 e. The maximum absolute atomic E-state index is 12.3. The van der Waals surface area contributed by atoms with Crippen molar-refractivity contribution in [1.29, 1.82) is 0 Å². The third kappa shape index (κ3) is 4.56. The predicted molar refractivity (Wildman–Crippen MR) is 96.1 cm³/mol. The molecule has 2 aromatic rings. The SMILES string of the molecule is CCCNS(=O)(=O)c1ccc(C(=O)Nc2cc(Cl)ccc2C)cc1. The van der Waals surface area contributed by atoms with Gasteiger partial charge < -0.3 is 5.32 Å². The normalized spacial score (nSPS) is 11.3. The second-order valence-electron chi connectivity index (χ2n) is 5.34. The van der Waals surface area contributed by atoms with Crippen molar-refractivity contribution in [2.45, 2.75) is 25.2 Å². The van der Waals surface area contributed by atoms with Crippen LogP contribution in [0.2, 0.25) is 5.02 Å². The average molecular weight is 367 g/mol. The third-order valence-electron chi connectivity index (χ3n) is 3.42. The lowest BCUT2D eigenvalue weighted by molar-refractivity contribution is 0.102. The van der Waals surface area contributed by atoms with E-state index in [0.29, 0.717) is 29.2 Å². The van der Waals surface area contributed by atoms with Gasteiger partial charge in [-0.3, -0.25) is 4.79 Å². The number of carbonyl (C=O) groups is 1. The van der Waals surface area contributed by atoms with Gasteiger partial charge in [0.1, 0.15) is 0 Å². The minimum absolute atomic E-state index is 0.131. The second-order valence-corrected chi connectivity index (χ2v) is 7.54. The van der Waals surface area contributed by atoms with E-state index in [4.69, 9.17) is 11.6 Å². The van der Waals surface area contributed by atoms with Crippen LogP contribution >= 0.6 is 11.6 Å². The van der Waals surface area contributed by atoms with Crippen LogP contribution in [0.1, 0.15) is 29.3 Å². The van der Waals surface area contributed by atoms with Gasteiger partial charge in [0.15, 0.2) is 0 Å². The zero-order valence-corrected chi connectivity index (χ0v) is 15.0. The Morgan fingerprint density at radius 1 is 1.12 bits per heavy atom. The first-order valence-corrected chi connectivity index (χ1v) is 9.37. The lowest BCUT2D eigenvalue weighted by Gasteiger charge is -2.10. The highest BCUT2D eigenvalue weighted by Gasteiger charge is 2.14. The molecule has 0 spiro atoms. The summed E-state index contributed by atoms with van der Waals surface area (Å²) in [5.41, 5.74) is 1.87. The van der Waals surface area contributed by atoms with Crippen molar-refractivity contribution >= 4 is 33.2 Å². The summed E-state index contributed by atoms with van der Waals surface area (Å²) in [6.07, 6.45) is 0.707. The maximum Gasteiger partial charge on any atom is 0.255 e. The van der Waals surface area contributed by atoms with Crippen LogP contribution in [-0.2, 0) is 10.0 Å². The minimum Gasteiger partial charge on any atom is -0.322 e. The minimum atomic E-state index is -3.54. The Morgan fingerprint density at radius 2 is 1.79 bits per heavy atom. The van der Waals surface area contributed by atoms with Crippen LogP contribution in [0.25, 0.3) is 0 Å². The summed E-state index contributed by atoms with van der Waals surface area (Å²) in [5.74, 6) is -0.328. The van der Waals surface area contributed by atoms with Crippen molar-refractivity contribution in [3.63, 3.8) is 0 Å². The number of halogens is 1. The van der Waals surface area contributed by atoms with Crippen LogP contribution in [-0.4, -0.2) is 20.9 Å². The summed E-state index contributed by atoms with van der Waals surface area (Å²) >= 11 is 5.93. The van der Waals surface area contributed by atoms with E-state index in [2.05, 4.69) is 10.0 Å². The molecule has 5 nitrogen and oxygen atoms in total. The molecule has 0 aromatic heterocycles. The molecular formula is C17H19ClN2O3S. The number of hydrogen-bond acceptors (Lipinski definition) is 3. The van der Waals surface area contributed by atoms with Gasteiger partial charge in [-0.2, -0.15) is 0 Å². The number of sulfonamides is 1. The molecule has 2 aromatic carbocycles. The molecule has 128 valence electrons. The zero-order valence-electron chi connectivity index (χ0n) is 13.5. The molecule has 24 heavy (non-hydrogen) atoms. The zero-order chi connectivity index (χ0) is 17.7. The van der Waals surface area contributed by atoms with Gasteiger partial charge in [-0.25, -0.2) is 13.1 Å². The highest BCUT2D eigenvalue weighted by atomic mass is 35.5. The van der Waals surface area contributed by atoms with Gasteiger partial charge in [0.05, 0.1) is 4.90 Å². The molecule has 7 heteroatoms. The third-order valence-corrected chi connectivity index (χ3v) is 5.13. The monoisotopic (exact) mass is 366 g/mol.